The minimum absolute atomic E-state index is 0.0158. The molecule has 0 spiro atoms. The lowest BCUT2D eigenvalue weighted by Gasteiger charge is -2.16. The lowest BCUT2D eigenvalue weighted by molar-refractivity contribution is -0.128. The third-order valence-electron chi connectivity index (χ3n) is 4.59. The molecule has 1 atom stereocenters. The van der Waals surface area contributed by atoms with E-state index >= 15 is 0 Å². The smallest absolute Gasteiger partial charge is 0.230 e. The van der Waals surface area contributed by atoms with Crippen LogP contribution in [0.15, 0.2) is 36.4 Å². The molecule has 1 N–H and O–H groups in total. The van der Waals surface area contributed by atoms with Gasteiger partial charge in [-0.15, -0.1) is 11.3 Å². The Balaban J connectivity index is 1.58. The molecule has 6 heteroatoms. The highest BCUT2D eigenvalue weighted by Gasteiger charge is 2.34. The van der Waals surface area contributed by atoms with Gasteiger partial charge in [0.25, 0.3) is 0 Å². The second-order valence-corrected chi connectivity index (χ2v) is 7.52. The van der Waals surface area contributed by atoms with Crippen LogP contribution >= 0.6 is 11.3 Å². The fraction of sp³-hybridized carbons (Fsp3) is 0.350. The highest BCUT2D eigenvalue weighted by molar-refractivity contribution is 7.16. The molecule has 2 aromatic rings. The molecule has 1 aromatic carbocycles. The van der Waals surface area contributed by atoms with Gasteiger partial charge >= 0.3 is 0 Å². The Morgan fingerprint density at radius 3 is 2.85 bits per heavy atom. The van der Waals surface area contributed by atoms with Gasteiger partial charge in [-0.25, -0.2) is 0 Å². The van der Waals surface area contributed by atoms with Crippen molar-refractivity contribution in [2.75, 3.05) is 18.4 Å². The van der Waals surface area contributed by atoms with Crippen molar-refractivity contribution in [3.05, 3.63) is 52.4 Å². The SMILES string of the molecule is CCc1cc(C#N)c(NC(=O)C2CC(=O)N(CCc3ccccc3)C2)s1. The first kappa shape index (κ1) is 18.2. The van der Waals surface area contributed by atoms with Crippen LogP contribution in [0.1, 0.15) is 29.3 Å². The van der Waals surface area contributed by atoms with Crippen LogP contribution in [-0.4, -0.2) is 29.8 Å². The zero-order chi connectivity index (χ0) is 18.5. The number of nitrogens with one attached hydrogen (secondary N) is 1. The number of nitrogens with zero attached hydrogens (tertiary/aromatic N) is 2. The van der Waals surface area contributed by atoms with Gasteiger partial charge in [0.05, 0.1) is 11.5 Å². The Morgan fingerprint density at radius 2 is 2.15 bits per heavy atom. The predicted octanol–water partition coefficient (Wildman–Crippen LogP) is 3.21. The number of aryl methyl sites for hydroxylation is 1. The fourth-order valence-electron chi connectivity index (χ4n) is 3.08. The maximum Gasteiger partial charge on any atom is 0.230 e. The van der Waals surface area contributed by atoms with E-state index in [9.17, 15) is 14.9 Å². The summed E-state index contributed by atoms with van der Waals surface area (Å²) in [5.41, 5.74) is 1.67. The van der Waals surface area contributed by atoms with Crippen LogP contribution in [0, 0.1) is 17.2 Å². The number of amides is 2. The molecule has 1 fully saturated rings. The lowest BCUT2D eigenvalue weighted by Crippen LogP contribution is -2.30. The second kappa shape index (κ2) is 8.15. The molecule has 5 nitrogen and oxygen atoms in total. The third kappa shape index (κ3) is 4.12. The van der Waals surface area contributed by atoms with Gasteiger partial charge in [-0.3, -0.25) is 9.59 Å². The molecule has 26 heavy (non-hydrogen) atoms. The van der Waals surface area contributed by atoms with Gasteiger partial charge in [-0.05, 0) is 24.5 Å². The number of likely N-dealkylation sites (tertiary alicyclic amines) is 1. The molecule has 0 radical (unpaired) electrons. The maximum atomic E-state index is 12.6. The van der Waals surface area contributed by atoms with Crippen molar-refractivity contribution in [1.29, 1.82) is 5.26 Å². The van der Waals surface area contributed by atoms with Gasteiger partial charge in [0.1, 0.15) is 11.1 Å². The summed E-state index contributed by atoms with van der Waals surface area (Å²) >= 11 is 1.43. The van der Waals surface area contributed by atoms with Gasteiger partial charge < -0.3 is 10.2 Å². The Morgan fingerprint density at radius 1 is 1.38 bits per heavy atom. The summed E-state index contributed by atoms with van der Waals surface area (Å²) < 4.78 is 0. The highest BCUT2D eigenvalue weighted by atomic mass is 32.1. The Labute approximate surface area is 157 Å². The summed E-state index contributed by atoms with van der Waals surface area (Å²) in [5.74, 6) is -0.527. The quantitative estimate of drug-likeness (QED) is 0.852. The van der Waals surface area contributed by atoms with Crippen molar-refractivity contribution in [2.45, 2.75) is 26.2 Å². The molecule has 1 aliphatic rings. The van der Waals surface area contributed by atoms with Crippen molar-refractivity contribution in [2.24, 2.45) is 5.92 Å². The van der Waals surface area contributed by atoms with Crippen LogP contribution < -0.4 is 5.32 Å². The summed E-state index contributed by atoms with van der Waals surface area (Å²) in [5, 5.41) is 12.6. The van der Waals surface area contributed by atoms with E-state index in [1.165, 1.54) is 16.9 Å². The second-order valence-electron chi connectivity index (χ2n) is 6.39. The monoisotopic (exact) mass is 367 g/mol. The molecule has 0 bridgehead atoms. The summed E-state index contributed by atoms with van der Waals surface area (Å²) in [4.78, 5) is 27.6. The summed E-state index contributed by atoms with van der Waals surface area (Å²) in [6.07, 6.45) is 1.84. The van der Waals surface area contributed by atoms with E-state index in [4.69, 9.17) is 0 Å². The van der Waals surface area contributed by atoms with E-state index in [0.717, 1.165) is 17.7 Å². The van der Waals surface area contributed by atoms with Crippen LogP contribution in [0.4, 0.5) is 5.00 Å². The van der Waals surface area contributed by atoms with Gasteiger partial charge in [-0.1, -0.05) is 37.3 Å². The van der Waals surface area contributed by atoms with Crippen LogP contribution in [0.2, 0.25) is 0 Å². The number of benzene rings is 1. The molecule has 1 unspecified atom stereocenters. The van der Waals surface area contributed by atoms with Crippen molar-refractivity contribution in [1.82, 2.24) is 4.90 Å². The zero-order valence-corrected chi connectivity index (χ0v) is 15.5. The number of carbonyl (C=O) groups excluding carboxylic acids is 2. The number of hydrogen-bond acceptors (Lipinski definition) is 4. The number of anilines is 1. The maximum absolute atomic E-state index is 12.6. The standard InChI is InChI=1S/C20H21N3O2S/c1-2-17-10-15(12-21)20(26-17)22-19(25)16-11-18(24)23(13-16)9-8-14-6-4-3-5-7-14/h3-7,10,16H,2,8-9,11,13H2,1H3,(H,22,25). The molecular formula is C20H21N3O2S. The number of carbonyl (C=O) groups is 2. The minimum Gasteiger partial charge on any atom is -0.342 e. The molecule has 0 saturated carbocycles. The van der Waals surface area contributed by atoms with E-state index in [1.54, 1.807) is 4.90 Å². The number of nitriles is 1. The van der Waals surface area contributed by atoms with E-state index in [2.05, 4.69) is 11.4 Å². The topological polar surface area (TPSA) is 73.2 Å². The third-order valence-corrected chi connectivity index (χ3v) is 5.78. The van der Waals surface area contributed by atoms with Gasteiger partial charge in [0, 0.05) is 24.4 Å². The first-order valence-corrected chi connectivity index (χ1v) is 9.57. The van der Waals surface area contributed by atoms with Gasteiger partial charge in [-0.2, -0.15) is 5.26 Å². The van der Waals surface area contributed by atoms with Gasteiger partial charge in [0.15, 0.2) is 0 Å². The van der Waals surface area contributed by atoms with Crippen LogP contribution in [0.3, 0.4) is 0 Å². The van der Waals surface area contributed by atoms with Crippen LogP contribution in [0.5, 0.6) is 0 Å². The fourth-order valence-corrected chi connectivity index (χ4v) is 4.03. The lowest BCUT2D eigenvalue weighted by atomic mass is 10.1. The van der Waals surface area contributed by atoms with E-state index in [0.29, 0.717) is 23.7 Å². The predicted molar refractivity (Wildman–Crippen MR) is 102 cm³/mol. The molecular weight excluding hydrogens is 346 g/mol. The molecule has 2 heterocycles. The van der Waals surface area contributed by atoms with Crippen LogP contribution in [-0.2, 0) is 22.4 Å². The first-order chi connectivity index (χ1) is 12.6. The average molecular weight is 367 g/mol. The zero-order valence-electron chi connectivity index (χ0n) is 14.7. The normalized spacial score (nSPS) is 16.5. The summed E-state index contributed by atoms with van der Waals surface area (Å²) in [7, 11) is 0. The van der Waals surface area contributed by atoms with E-state index in [1.807, 2.05) is 43.3 Å². The largest absolute Gasteiger partial charge is 0.342 e. The van der Waals surface area contributed by atoms with E-state index < -0.39 is 0 Å². The van der Waals surface area contributed by atoms with Gasteiger partial charge in [0.2, 0.25) is 11.8 Å². The number of hydrogen-bond donors (Lipinski definition) is 1. The summed E-state index contributed by atoms with van der Waals surface area (Å²) in [6, 6.07) is 13.9. The minimum atomic E-state index is -0.364. The Hall–Kier alpha value is -2.65. The molecule has 1 aliphatic heterocycles. The van der Waals surface area contributed by atoms with Crippen molar-refractivity contribution in [3.8, 4) is 6.07 Å². The number of rotatable bonds is 6. The number of thiophene rings is 1. The van der Waals surface area contributed by atoms with Crippen molar-refractivity contribution in [3.63, 3.8) is 0 Å². The Kier molecular flexibility index (Phi) is 5.69. The first-order valence-electron chi connectivity index (χ1n) is 8.76. The molecule has 1 saturated heterocycles. The van der Waals surface area contributed by atoms with E-state index in [-0.39, 0.29) is 24.2 Å². The molecule has 1 aromatic heterocycles. The Bertz CT molecular complexity index is 838. The van der Waals surface area contributed by atoms with Crippen LogP contribution in [0.25, 0.3) is 0 Å². The van der Waals surface area contributed by atoms with Crippen molar-refractivity contribution < 1.29 is 9.59 Å². The molecule has 2 amide bonds. The molecule has 0 aliphatic carbocycles. The average Bonchev–Trinajstić information content (AvgIpc) is 3.23. The van der Waals surface area contributed by atoms with Crippen molar-refractivity contribution >= 4 is 28.2 Å². The highest BCUT2D eigenvalue weighted by Crippen LogP contribution is 2.29. The summed E-state index contributed by atoms with van der Waals surface area (Å²) in [6.45, 7) is 3.07. The molecule has 134 valence electrons. The molecule has 3 rings (SSSR count).